The molecule has 20 heavy (non-hydrogen) atoms. The van der Waals surface area contributed by atoms with Crippen LogP contribution in [0.5, 0.6) is 0 Å². The number of aliphatic carboxylic acids is 1. The molecule has 0 aliphatic heterocycles. The summed E-state index contributed by atoms with van der Waals surface area (Å²) in [5.74, 6) is -0.942. The Hall–Kier alpha value is -1.88. The quantitative estimate of drug-likeness (QED) is 0.697. The molecule has 1 rings (SSSR count). The topological polar surface area (TPSA) is 66.8 Å². The fourth-order valence-electron chi connectivity index (χ4n) is 1.87. The van der Waals surface area contributed by atoms with E-state index in [1.165, 1.54) is 0 Å². The molecular formula is C15H21NO4. The molecule has 0 bridgehead atoms. The van der Waals surface area contributed by atoms with E-state index in [0.717, 1.165) is 5.56 Å². The lowest BCUT2D eigenvalue weighted by molar-refractivity contribution is -0.138. The number of benzene rings is 1. The molecule has 110 valence electrons. The van der Waals surface area contributed by atoms with E-state index in [9.17, 15) is 9.59 Å². The van der Waals surface area contributed by atoms with E-state index in [0.29, 0.717) is 26.0 Å². The van der Waals surface area contributed by atoms with Crippen molar-refractivity contribution < 1.29 is 19.4 Å². The number of ether oxygens (including phenoxy) is 1. The van der Waals surface area contributed by atoms with Crippen molar-refractivity contribution in [3.8, 4) is 0 Å². The largest absolute Gasteiger partial charge is 0.481 e. The monoisotopic (exact) mass is 279 g/mol. The van der Waals surface area contributed by atoms with Crippen molar-refractivity contribution in [1.29, 1.82) is 0 Å². The number of amides is 1. The summed E-state index contributed by atoms with van der Waals surface area (Å²) in [6.07, 6.45) is 0.970. The maximum atomic E-state index is 12.2. The lowest BCUT2D eigenvalue weighted by Crippen LogP contribution is -2.35. The molecule has 0 saturated carbocycles. The second kappa shape index (κ2) is 9.09. The van der Waals surface area contributed by atoms with Gasteiger partial charge in [-0.15, -0.1) is 0 Å². The molecule has 0 atom stereocenters. The number of hydrogen-bond acceptors (Lipinski definition) is 3. The van der Waals surface area contributed by atoms with Crippen LogP contribution in [-0.4, -0.2) is 48.7 Å². The number of rotatable bonds is 9. The standard InChI is InChI=1S/C15H21NO4/c1-20-11-5-9-16(10-8-15(18)19)14(17)12-13-6-3-2-4-7-13/h2-4,6-7H,5,8-12H2,1H3,(H,18,19). The molecule has 5 heteroatoms. The fraction of sp³-hybridized carbons (Fsp3) is 0.467. The normalized spacial score (nSPS) is 10.2. The molecule has 0 aliphatic rings. The summed E-state index contributed by atoms with van der Waals surface area (Å²) in [6.45, 7) is 1.32. The van der Waals surface area contributed by atoms with E-state index in [2.05, 4.69) is 0 Å². The Morgan fingerprint density at radius 3 is 2.50 bits per heavy atom. The lowest BCUT2D eigenvalue weighted by Gasteiger charge is -2.22. The van der Waals surface area contributed by atoms with Crippen molar-refractivity contribution >= 4 is 11.9 Å². The van der Waals surface area contributed by atoms with Gasteiger partial charge in [0, 0.05) is 26.8 Å². The highest BCUT2D eigenvalue weighted by molar-refractivity contribution is 5.79. The molecule has 0 radical (unpaired) electrons. The number of methoxy groups -OCH3 is 1. The van der Waals surface area contributed by atoms with Gasteiger partial charge >= 0.3 is 5.97 Å². The van der Waals surface area contributed by atoms with Crippen molar-refractivity contribution in [1.82, 2.24) is 4.90 Å². The van der Waals surface area contributed by atoms with Gasteiger partial charge in [0.25, 0.3) is 0 Å². The number of carbonyl (C=O) groups excluding carboxylic acids is 1. The van der Waals surface area contributed by atoms with E-state index in [1.807, 2.05) is 30.3 Å². The minimum atomic E-state index is -0.894. The predicted molar refractivity (Wildman–Crippen MR) is 75.5 cm³/mol. The molecule has 0 aliphatic carbocycles. The summed E-state index contributed by atoms with van der Waals surface area (Å²) >= 11 is 0. The van der Waals surface area contributed by atoms with Crippen LogP contribution in [0.2, 0.25) is 0 Å². The van der Waals surface area contributed by atoms with Crippen molar-refractivity contribution in [3.63, 3.8) is 0 Å². The molecule has 1 aromatic carbocycles. The summed E-state index contributed by atoms with van der Waals surface area (Å²) in [5.41, 5.74) is 0.935. The Balaban J connectivity index is 2.55. The SMILES string of the molecule is COCCCN(CCC(=O)O)C(=O)Cc1ccccc1. The van der Waals surface area contributed by atoms with Gasteiger partial charge in [0.15, 0.2) is 0 Å². The first-order valence-corrected chi connectivity index (χ1v) is 6.66. The van der Waals surface area contributed by atoms with Crippen molar-refractivity contribution in [2.45, 2.75) is 19.3 Å². The third-order valence-electron chi connectivity index (χ3n) is 2.92. The van der Waals surface area contributed by atoms with Crippen LogP contribution >= 0.6 is 0 Å². The number of nitrogens with zero attached hydrogens (tertiary/aromatic N) is 1. The minimum Gasteiger partial charge on any atom is -0.481 e. The maximum Gasteiger partial charge on any atom is 0.305 e. The first kappa shape index (κ1) is 16.2. The fourth-order valence-corrected chi connectivity index (χ4v) is 1.87. The number of carbonyl (C=O) groups is 2. The smallest absolute Gasteiger partial charge is 0.305 e. The van der Waals surface area contributed by atoms with E-state index >= 15 is 0 Å². The van der Waals surface area contributed by atoms with Crippen LogP contribution in [0.4, 0.5) is 0 Å². The predicted octanol–water partition coefficient (Wildman–Crippen LogP) is 1.57. The Labute approximate surface area is 119 Å². The zero-order valence-electron chi connectivity index (χ0n) is 11.7. The average molecular weight is 279 g/mol. The number of carboxylic acid groups (broad SMARTS) is 1. The van der Waals surface area contributed by atoms with E-state index in [1.54, 1.807) is 12.0 Å². The molecule has 0 aromatic heterocycles. The Kier molecular flexibility index (Phi) is 7.35. The minimum absolute atomic E-state index is 0.0342. The Bertz CT molecular complexity index is 419. The van der Waals surface area contributed by atoms with E-state index in [4.69, 9.17) is 9.84 Å². The van der Waals surface area contributed by atoms with Crippen molar-refractivity contribution in [3.05, 3.63) is 35.9 Å². The van der Waals surface area contributed by atoms with E-state index in [-0.39, 0.29) is 18.9 Å². The highest BCUT2D eigenvalue weighted by atomic mass is 16.5. The number of hydrogen-bond donors (Lipinski definition) is 1. The summed E-state index contributed by atoms with van der Waals surface area (Å²) in [7, 11) is 1.60. The van der Waals surface area contributed by atoms with Crippen LogP contribution in [0.25, 0.3) is 0 Å². The molecule has 1 amide bonds. The molecule has 0 saturated heterocycles. The summed E-state index contributed by atoms with van der Waals surface area (Å²) < 4.78 is 4.96. The van der Waals surface area contributed by atoms with Crippen molar-refractivity contribution in [2.75, 3.05) is 26.8 Å². The molecule has 1 aromatic rings. The highest BCUT2D eigenvalue weighted by Crippen LogP contribution is 2.05. The highest BCUT2D eigenvalue weighted by Gasteiger charge is 2.14. The van der Waals surface area contributed by atoms with Gasteiger partial charge < -0.3 is 14.7 Å². The lowest BCUT2D eigenvalue weighted by atomic mass is 10.1. The van der Waals surface area contributed by atoms with Crippen LogP contribution in [0.3, 0.4) is 0 Å². The van der Waals surface area contributed by atoms with Gasteiger partial charge in [-0.2, -0.15) is 0 Å². The van der Waals surface area contributed by atoms with Gasteiger partial charge in [-0.1, -0.05) is 30.3 Å². The molecule has 0 unspecified atom stereocenters. The second-order valence-corrected chi connectivity index (χ2v) is 4.53. The summed E-state index contributed by atoms with van der Waals surface area (Å²) in [6, 6.07) is 9.45. The van der Waals surface area contributed by atoms with Gasteiger partial charge in [0.1, 0.15) is 0 Å². The van der Waals surface area contributed by atoms with Gasteiger partial charge in [-0.25, -0.2) is 0 Å². The maximum absolute atomic E-state index is 12.2. The second-order valence-electron chi connectivity index (χ2n) is 4.53. The first-order chi connectivity index (χ1) is 9.63. The van der Waals surface area contributed by atoms with Gasteiger partial charge in [0.05, 0.1) is 12.8 Å². The first-order valence-electron chi connectivity index (χ1n) is 6.66. The molecule has 0 heterocycles. The Morgan fingerprint density at radius 2 is 1.90 bits per heavy atom. The third kappa shape index (κ3) is 6.33. The van der Waals surface area contributed by atoms with Crippen LogP contribution < -0.4 is 0 Å². The van der Waals surface area contributed by atoms with Gasteiger partial charge in [-0.3, -0.25) is 9.59 Å². The van der Waals surface area contributed by atoms with Crippen LogP contribution in [0.15, 0.2) is 30.3 Å². The zero-order chi connectivity index (χ0) is 14.8. The Morgan fingerprint density at radius 1 is 1.20 bits per heavy atom. The molecule has 1 N–H and O–H groups in total. The molecule has 0 fully saturated rings. The molecule has 5 nitrogen and oxygen atoms in total. The molecule has 0 spiro atoms. The van der Waals surface area contributed by atoms with Crippen LogP contribution in [0, 0.1) is 0 Å². The zero-order valence-corrected chi connectivity index (χ0v) is 11.7. The molecular weight excluding hydrogens is 258 g/mol. The summed E-state index contributed by atoms with van der Waals surface area (Å²) in [5, 5.41) is 8.74. The van der Waals surface area contributed by atoms with Crippen LogP contribution in [0.1, 0.15) is 18.4 Å². The van der Waals surface area contributed by atoms with E-state index < -0.39 is 5.97 Å². The average Bonchev–Trinajstić information content (AvgIpc) is 2.43. The van der Waals surface area contributed by atoms with Crippen LogP contribution in [-0.2, 0) is 20.7 Å². The number of carboxylic acids is 1. The summed E-state index contributed by atoms with van der Waals surface area (Å²) in [4.78, 5) is 24.5. The van der Waals surface area contributed by atoms with Gasteiger partial charge in [-0.05, 0) is 12.0 Å². The third-order valence-corrected chi connectivity index (χ3v) is 2.92. The van der Waals surface area contributed by atoms with Gasteiger partial charge in [0.2, 0.25) is 5.91 Å². The van der Waals surface area contributed by atoms with Crippen molar-refractivity contribution in [2.24, 2.45) is 0 Å².